The van der Waals surface area contributed by atoms with Gasteiger partial charge in [0.1, 0.15) is 5.75 Å². The first kappa shape index (κ1) is 16.9. The molecule has 0 saturated carbocycles. The number of ether oxygens (including phenoxy) is 1. The smallest absolute Gasteiger partial charge is 0.234 e. The van der Waals surface area contributed by atoms with Gasteiger partial charge in [-0.15, -0.1) is 10.2 Å². The maximum atomic E-state index is 12.4. The second-order valence-electron chi connectivity index (χ2n) is 5.44. The van der Waals surface area contributed by atoms with Gasteiger partial charge in [-0.3, -0.25) is 9.20 Å². The van der Waals surface area contributed by atoms with Crippen LogP contribution in [0.25, 0.3) is 15.2 Å². The SMILES string of the molecule is CCOc1ccccc1NC(=O)CSc1nnc2sc3ccccc3n12. The molecule has 132 valence electrons. The van der Waals surface area contributed by atoms with Gasteiger partial charge in [-0.25, -0.2) is 0 Å². The van der Waals surface area contributed by atoms with Gasteiger partial charge in [0.2, 0.25) is 10.9 Å². The molecule has 4 rings (SSSR count). The topological polar surface area (TPSA) is 68.5 Å². The van der Waals surface area contributed by atoms with Crippen LogP contribution < -0.4 is 10.1 Å². The molecule has 0 aliphatic carbocycles. The van der Waals surface area contributed by atoms with Crippen molar-refractivity contribution in [3.8, 4) is 5.75 Å². The summed E-state index contributed by atoms with van der Waals surface area (Å²) >= 11 is 2.95. The van der Waals surface area contributed by atoms with Crippen LogP contribution in [-0.2, 0) is 4.79 Å². The number of thiazole rings is 1. The zero-order valence-electron chi connectivity index (χ0n) is 14.0. The van der Waals surface area contributed by atoms with Crippen molar-refractivity contribution in [3.63, 3.8) is 0 Å². The van der Waals surface area contributed by atoms with E-state index in [9.17, 15) is 4.79 Å². The lowest BCUT2D eigenvalue weighted by Gasteiger charge is -2.10. The van der Waals surface area contributed by atoms with E-state index < -0.39 is 0 Å². The number of amides is 1. The number of nitrogens with zero attached hydrogens (tertiary/aromatic N) is 3. The van der Waals surface area contributed by atoms with Crippen molar-refractivity contribution in [3.05, 3.63) is 48.5 Å². The van der Waals surface area contributed by atoms with Gasteiger partial charge in [-0.1, -0.05) is 47.4 Å². The Balaban J connectivity index is 1.49. The quantitative estimate of drug-likeness (QED) is 0.508. The summed E-state index contributed by atoms with van der Waals surface area (Å²) in [7, 11) is 0. The van der Waals surface area contributed by atoms with E-state index in [1.807, 2.05) is 53.8 Å². The molecule has 0 saturated heterocycles. The molecule has 4 aromatic rings. The predicted octanol–water partition coefficient (Wildman–Crippen LogP) is 4.07. The molecule has 2 heterocycles. The normalized spacial score (nSPS) is 11.1. The molecule has 0 atom stereocenters. The van der Waals surface area contributed by atoms with Crippen LogP contribution in [0.5, 0.6) is 5.75 Å². The summed E-state index contributed by atoms with van der Waals surface area (Å²) in [6, 6.07) is 15.5. The second kappa shape index (κ2) is 7.35. The number of anilines is 1. The third kappa shape index (κ3) is 3.25. The van der Waals surface area contributed by atoms with E-state index in [0.717, 1.165) is 15.2 Å². The number of thioether (sulfide) groups is 1. The maximum absolute atomic E-state index is 12.4. The monoisotopic (exact) mass is 384 g/mol. The minimum Gasteiger partial charge on any atom is -0.492 e. The van der Waals surface area contributed by atoms with E-state index in [1.54, 1.807) is 11.3 Å². The van der Waals surface area contributed by atoms with Crippen LogP contribution in [0.2, 0.25) is 0 Å². The molecule has 26 heavy (non-hydrogen) atoms. The average Bonchev–Trinajstić information content (AvgIpc) is 3.21. The highest BCUT2D eigenvalue weighted by atomic mass is 32.2. The van der Waals surface area contributed by atoms with Crippen molar-refractivity contribution in [1.29, 1.82) is 0 Å². The lowest BCUT2D eigenvalue weighted by Crippen LogP contribution is -2.15. The van der Waals surface area contributed by atoms with Crippen LogP contribution in [0, 0.1) is 0 Å². The summed E-state index contributed by atoms with van der Waals surface area (Å²) in [5, 5.41) is 12.0. The van der Waals surface area contributed by atoms with Crippen molar-refractivity contribution in [2.75, 3.05) is 17.7 Å². The number of rotatable bonds is 6. The van der Waals surface area contributed by atoms with Crippen LogP contribution in [0.1, 0.15) is 6.92 Å². The summed E-state index contributed by atoms with van der Waals surface area (Å²) in [4.78, 5) is 13.2. The Labute approximate surface area is 158 Å². The number of fused-ring (bicyclic) bond motifs is 3. The van der Waals surface area contributed by atoms with Crippen molar-refractivity contribution >= 4 is 49.9 Å². The molecule has 2 aromatic heterocycles. The highest BCUT2D eigenvalue weighted by molar-refractivity contribution is 7.99. The Morgan fingerprint density at radius 1 is 1.19 bits per heavy atom. The fourth-order valence-corrected chi connectivity index (χ4v) is 4.38. The largest absolute Gasteiger partial charge is 0.492 e. The Bertz CT molecular complexity index is 1070. The first-order valence-electron chi connectivity index (χ1n) is 8.13. The molecule has 2 aromatic carbocycles. The molecule has 0 spiro atoms. The standard InChI is InChI=1S/C18H16N4O2S2/c1-2-24-14-9-5-3-7-12(14)19-16(23)11-25-17-20-21-18-22(17)13-8-4-6-10-15(13)26-18/h3-10H,2,11H2,1H3,(H,19,23). The number of hydrogen-bond acceptors (Lipinski definition) is 6. The summed E-state index contributed by atoms with van der Waals surface area (Å²) < 4.78 is 8.68. The molecule has 0 fully saturated rings. The maximum Gasteiger partial charge on any atom is 0.234 e. The molecule has 0 bridgehead atoms. The number of carbonyl (C=O) groups excluding carboxylic acids is 1. The highest BCUT2D eigenvalue weighted by Gasteiger charge is 2.14. The second-order valence-corrected chi connectivity index (χ2v) is 7.39. The fraction of sp³-hybridized carbons (Fsp3) is 0.167. The van der Waals surface area contributed by atoms with E-state index in [-0.39, 0.29) is 11.7 Å². The van der Waals surface area contributed by atoms with Gasteiger partial charge in [-0.05, 0) is 31.2 Å². The zero-order chi connectivity index (χ0) is 17.9. The minimum atomic E-state index is -0.113. The summed E-state index contributed by atoms with van der Waals surface area (Å²) in [6.45, 7) is 2.46. The Morgan fingerprint density at radius 3 is 2.88 bits per heavy atom. The van der Waals surface area contributed by atoms with Gasteiger partial charge in [0.25, 0.3) is 0 Å². The van der Waals surface area contributed by atoms with Crippen molar-refractivity contribution in [2.45, 2.75) is 12.1 Å². The molecular formula is C18H16N4O2S2. The van der Waals surface area contributed by atoms with Crippen LogP contribution in [0.15, 0.2) is 53.7 Å². The number of nitrogens with one attached hydrogen (secondary N) is 1. The lowest BCUT2D eigenvalue weighted by atomic mass is 10.3. The summed E-state index contributed by atoms with van der Waals surface area (Å²) in [5.74, 6) is 0.797. The third-order valence-electron chi connectivity index (χ3n) is 3.70. The highest BCUT2D eigenvalue weighted by Crippen LogP contribution is 2.30. The Kier molecular flexibility index (Phi) is 4.77. The Hall–Kier alpha value is -2.58. The van der Waals surface area contributed by atoms with E-state index in [4.69, 9.17) is 4.74 Å². The van der Waals surface area contributed by atoms with Crippen molar-refractivity contribution in [2.24, 2.45) is 0 Å². The van der Waals surface area contributed by atoms with E-state index in [2.05, 4.69) is 21.6 Å². The molecule has 0 unspecified atom stereocenters. The molecule has 6 nitrogen and oxygen atoms in total. The van der Waals surface area contributed by atoms with Crippen LogP contribution in [0.3, 0.4) is 0 Å². The lowest BCUT2D eigenvalue weighted by molar-refractivity contribution is -0.113. The number of para-hydroxylation sites is 3. The number of aromatic nitrogens is 3. The fourth-order valence-electron chi connectivity index (χ4n) is 2.62. The van der Waals surface area contributed by atoms with Crippen LogP contribution in [0.4, 0.5) is 5.69 Å². The van der Waals surface area contributed by atoms with Gasteiger partial charge in [0.15, 0.2) is 5.16 Å². The number of hydrogen-bond donors (Lipinski definition) is 1. The predicted molar refractivity (Wildman–Crippen MR) is 105 cm³/mol. The van der Waals surface area contributed by atoms with Gasteiger partial charge in [0, 0.05) is 0 Å². The third-order valence-corrected chi connectivity index (χ3v) is 5.65. The van der Waals surface area contributed by atoms with Gasteiger partial charge < -0.3 is 10.1 Å². The van der Waals surface area contributed by atoms with Crippen LogP contribution in [-0.4, -0.2) is 32.9 Å². The average molecular weight is 384 g/mol. The zero-order valence-corrected chi connectivity index (χ0v) is 15.6. The van der Waals surface area contributed by atoms with Crippen molar-refractivity contribution < 1.29 is 9.53 Å². The molecule has 0 aliphatic rings. The van der Waals surface area contributed by atoms with E-state index >= 15 is 0 Å². The molecule has 1 N–H and O–H groups in total. The van der Waals surface area contributed by atoms with E-state index in [0.29, 0.717) is 23.2 Å². The molecule has 8 heteroatoms. The first-order valence-corrected chi connectivity index (χ1v) is 9.93. The van der Waals surface area contributed by atoms with Crippen LogP contribution >= 0.6 is 23.1 Å². The van der Waals surface area contributed by atoms with Gasteiger partial charge in [-0.2, -0.15) is 0 Å². The first-order chi connectivity index (χ1) is 12.8. The molecular weight excluding hydrogens is 368 g/mol. The van der Waals surface area contributed by atoms with Gasteiger partial charge >= 0.3 is 0 Å². The minimum absolute atomic E-state index is 0.113. The van der Waals surface area contributed by atoms with Gasteiger partial charge in [0.05, 0.1) is 28.3 Å². The molecule has 0 radical (unpaired) electrons. The molecule has 1 amide bonds. The Morgan fingerprint density at radius 2 is 2.00 bits per heavy atom. The molecule has 0 aliphatic heterocycles. The number of benzene rings is 2. The van der Waals surface area contributed by atoms with E-state index in [1.165, 1.54) is 11.8 Å². The van der Waals surface area contributed by atoms with Crippen molar-refractivity contribution in [1.82, 2.24) is 14.6 Å². The summed E-state index contributed by atoms with van der Waals surface area (Å²) in [5.41, 5.74) is 1.73. The number of carbonyl (C=O) groups is 1. The summed E-state index contributed by atoms with van der Waals surface area (Å²) in [6.07, 6.45) is 0.